The first kappa shape index (κ1) is 10.1. The molecule has 0 amide bonds. The molecule has 0 saturated heterocycles. The standard InChI is InChI=1S/C11H8N2O3/c1-15-10-5-3-2-4-8(10)11-9(12-7-14)6-13-16-11/h2-6H,1H3. The van der Waals surface area contributed by atoms with E-state index in [1.807, 2.05) is 12.1 Å². The molecule has 0 aliphatic carbocycles. The summed E-state index contributed by atoms with van der Waals surface area (Å²) < 4.78 is 10.2. The zero-order valence-electron chi connectivity index (χ0n) is 8.51. The van der Waals surface area contributed by atoms with Crippen LogP contribution < -0.4 is 4.74 Å². The first-order valence-electron chi connectivity index (χ1n) is 4.52. The van der Waals surface area contributed by atoms with Crippen molar-refractivity contribution in [3.63, 3.8) is 0 Å². The van der Waals surface area contributed by atoms with Crippen molar-refractivity contribution in [2.45, 2.75) is 0 Å². The number of rotatable bonds is 3. The summed E-state index contributed by atoms with van der Waals surface area (Å²) in [6.07, 6.45) is 2.81. The van der Waals surface area contributed by atoms with E-state index in [0.29, 0.717) is 22.8 Å². The lowest BCUT2D eigenvalue weighted by atomic mass is 10.1. The molecule has 0 aliphatic rings. The summed E-state index contributed by atoms with van der Waals surface area (Å²) in [6, 6.07) is 7.24. The molecule has 1 aromatic heterocycles. The Balaban J connectivity index is 2.58. The van der Waals surface area contributed by atoms with Crippen LogP contribution in [0.3, 0.4) is 0 Å². The maximum atomic E-state index is 10.2. The summed E-state index contributed by atoms with van der Waals surface area (Å²) in [5, 5.41) is 3.59. The number of hydrogen-bond donors (Lipinski definition) is 0. The SMILES string of the molecule is COc1ccccc1-c1oncc1N=C=O. The van der Waals surface area contributed by atoms with Crippen LogP contribution in [0.4, 0.5) is 5.69 Å². The Morgan fingerprint density at radius 2 is 2.25 bits per heavy atom. The molecular formula is C11H8N2O3. The van der Waals surface area contributed by atoms with Crippen LogP contribution in [-0.2, 0) is 4.79 Å². The second-order valence-corrected chi connectivity index (χ2v) is 2.94. The molecule has 5 heteroatoms. The van der Waals surface area contributed by atoms with Crippen molar-refractivity contribution >= 4 is 11.8 Å². The van der Waals surface area contributed by atoms with Gasteiger partial charge in [-0.25, -0.2) is 4.79 Å². The van der Waals surface area contributed by atoms with Crippen molar-refractivity contribution in [3.05, 3.63) is 30.5 Å². The van der Waals surface area contributed by atoms with Crippen LogP contribution in [0.5, 0.6) is 5.75 Å². The second-order valence-electron chi connectivity index (χ2n) is 2.94. The first-order chi connectivity index (χ1) is 7.86. The Morgan fingerprint density at radius 1 is 1.44 bits per heavy atom. The van der Waals surface area contributed by atoms with Gasteiger partial charge in [0.15, 0.2) is 5.76 Å². The molecule has 0 atom stereocenters. The third-order valence-corrected chi connectivity index (χ3v) is 2.07. The lowest BCUT2D eigenvalue weighted by molar-refractivity contribution is 0.406. The van der Waals surface area contributed by atoms with Crippen LogP contribution in [-0.4, -0.2) is 18.3 Å². The third-order valence-electron chi connectivity index (χ3n) is 2.07. The van der Waals surface area contributed by atoms with E-state index in [4.69, 9.17) is 9.26 Å². The molecule has 2 aromatic rings. The summed E-state index contributed by atoms with van der Waals surface area (Å²) in [6.45, 7) is 0. The Bertz CT molecular complexity index is 542. The molecule has 0 bridgehead atoms. The average Bonchev–Trinajstić information content (AvgIpc) is 2.77. The highest BCUT2D eigenvalue weighted by atomic mass is 16.5. The van der Waals surface area contributed by atoms with Gasteiger partial charge in [-0.1, -0.05) is 17.3 Å². The van der Waals surface area contributed by atoms with Crippen molar-refractivity contribution in [2.75, 3.05) is 7.11 Å². The van der Waals surface area contributed by atoms with Gasteiger partial charge in [0.25, 0.3) is 0 Å². The third kappa shape index (κ3) is 1.71. The number of benzene rings is 1. The molecule has 0 fully saturated rings. The minimum Gasteiger partial charge on any atom is -0.496 e. The van der Waals surface area contributed by atoms with Crippen LogP contribution in [0.25, 0.3) is 11.3 Å². The summed E-state index contributed by atoms with van der Waals surface area (Å²) in [4.78, 5) is 13.7. The Morgan fingerprint density at radius 3 is 3.00 bits per heavy atom. The molecule has 0 radical (unpaired) electrons. The zero-order valence-corrected chi connectivity index (χ0v) is 8.51. The number of carbonyl (C=O) groups excluding carboxylic acids is 1. The van der Waals surface area contributed by atoms with Gasteiger partial charge in [0, 0.05) is 0 Å². The zero-order chi connectivity index (χ0) is 11.4. The maximum absolute atomic E-state index is 10.2. The Kier molecular flexibility index (Phi) is 2.80. The van der Waals surface area contributed by atoms with E-state index in [0.717, 1.165) is 0 Å². The minimum absolute atomic E-state index is 0.333. The number of hydrogen-bond acceptors (Lipinski definition) is 5. The van der Waals surface area contributed by atoms with Crippen molar-refractivity contribution in [1.29, 1.82) is 0 Å². The van der Waals surface area contributed by atoms with Gasteiger partial charge in [-0.15, -0.1) is 0 Å². The molecule has 0 aliphatic heterocycles. The molecule has 0 N–H and O–H groups in total. The van der Waals surface area contributed by atoms with Crippen molar-refractivity contribution in [3.8, 4) is 17.1 Å². The van der Waals surface area contributed by atoms with Gasteiger partial charge in [0.2, 0.25) is 6.08 Å². The normalized spacial score (nSPS) is 9.56. The number of ether oxygens (including phenoxy) is 1. The molecule has 5 nitrogen and oxygen atoms in total. The summed E-state index contributed by atoms with van der Waals surface area (Å²) in [5.74, 6) is 1.02. The molecule has 0 spiro atoms. The second kappa shape index (κ2) is 4.42. The van der Waals surface area contributed by atoms with Crippen LogP contribution in [0, 0.1) is 0 Å². The van der Waals surface area contributed by atoms with E-state index >= 15 is 0 Å². The summed E-state index contributed by atoms with van der Waals surface area (Å²) >= 11 is 0. The van der Waals surface area contributed by atoms with E-state index in [1.54, 1.807) is 19.2 Å². The van der Waals surface area contributed by atoms with E-state index in [9.17, 15) is 4.79 Å². The van der Waals surface area contributed by atoms with Gasteiger partial charge in [-0.2, -0.15) is 4.99 Å². The lowest BCUT2D eigenvalue weighted by Gasteiger charge is -2.04. The van der Waals surface area contributed by atoms with Gasteiger partial charge in [-0.05, 0) is 12.1 Å². The molecule has 80 valence electrons. The van der Waals surface area contributed by atoms with Gasteiger partial charge < -0.3 is 9.26 Å². The molecule has 1 aromatic carbocycles. The molecule has 1 heterocycles. The minimum atomic E-state index is 0.333. The van der Waals surface area contributed by atoms with E-state index in [2.05, 4.69) is 10.1 Å². The first-order valence-corrected chi connectivity index (χ1v) is 4.52. The van der Waals surface area contributed by atoms with Crippen molar-refractivity contribution in [2.24, 2.45) is 4.99 Å². The summed E-state index contributed by atoms with van der Waals surface area (Å²) in [7, 11) is 1.55. The number of aliphatic imine (C=N–C) groups is 1. The van der Waals surface area contributed by atoms with Gasteiger partial charge in [0.05, 0.1) is 18.9 Å². The van der Waals surface area contributed by atoms with E-state index in [-0.39, 0.29) is 0 Å². The lowest BCUT2D eigenvalue weighted by Crippen LogP contribution is -1.86. The largest absolute Gasteiger partial charge is 0.496 e. The molecule has 0 saturated carbocycles. The van der Waals surface area contributed by atoms with Crippen LogP contribution in [0.15, 0.2) is 40.0 Å². The van der Waals surface area contributed by atoms with Gasteiger partial charge in [0.1, 0.15) is 11.4 Å². The molecule has 16 heavy (non-hydrogen) atoms. The molecular weight excluding hydrogens is 208 g/mol. The number of aromatic nitrogens is 1. The molecule has 2 rings (SSSR count). The smallest absolute Gasteiger partial charge is 0.240 e. The fraction of sp³-hybridized carbons (Fsp3) is 0.0909. The number of nitrogens with zero attached hydrogens (tertiary/aromatic N) is 2. The van der Waals surface area contributed by atoms with E-state index < -0.39 is 0 Å². The molecule has 0 unspecified atom stereocenters. The number of methoxy groups -OCH3 is 1. The van der Waals surface area contributed by atoms with Gasteiger partial charge in [-0.3, -0.25) is 0 Å². The van der Waals surface area contributed by atoms with Crippen LogP contribution in [0.2, 0.25) is 0 Å². The highest BCUT2D eigenvalue weighted by Crippen LogP contribution is 2.35. The van der Waals surface area contributed by atoms with Crippen molar-refractivity contribution in [1.82, 2.24) is 5.16 Å². The van der Waals surface area contributed by atoms with Gasteiger partial charge >= 0.3 is 0 Å². The predicted octanol–water partition coefficient (Wildman–Crippen LogP) is 2.32. The number of para-hydroxylation sites is 1. The van der Waals surface area contributed by atoms with E-state index in [1.165, 1.54) is 12.3 Å². The fourth-order valence-corrected chi connectivity index (χ4v) is 1.38. The average molecular weight is 216 g/mol. The summed E-state index contributed by atoms with van der Waals surface area (Å²) in [5.41, 5.74) is 1.02. The van der Waals surface area contributed by atoms with Crippen molar-refractivity contribution < 1.29 is 14.1 Å². The predicted molar refractivity (Wildman–Crippen MR) is 56.3 cm³/mol. The monoisotopic (exact) mass is 216 g/mol. The quantitative estimate of drug-likeness (QED) is 0.583. The Hall–Kier alpha value is -2.39. The highest BCUT2D eigenvalue weighted by Gasteiger charge is 2.14. The maximum Gasteiger partial charge on any atom is 0.240 e. The highest BCUT2D eigenvalue weighted by molar-refractivity contribution is 5.75. The number of isocyanates is 1. The Labute approximate surface area is 91.4 Å². The van der Waals surface area contributed by atoms with Crippen LogP contribution in [0.1, 0.15) is 0 Å². The topological polar surface area (TPSA) is 64.7 Å². The van der Waals surface area contributed by atoms with Crippen LogP contribution >= 0.6 is 0 Å². The fourth-order valence-electron chi connectivity index (χ4n) is 1.38.